The summed E-state index contributed by atoms with van der Waals surface area (Å²) >= 11 is 0. The Morgan fingerprint density at radius 1 is 1.32 bits per heavy atom. The second-order valence-electron chi connectivity index (χ2n) is 5.59. The van der Waals surface area contributed by atoms with E-state index in [1.54, 1.807) is 4.31 Å². The molecule has 19 heavy (non-hydrogen) atoms. The van der Waals surface area contributed by atoms with Gasteiger partial charge in [0.15, 0.2) is 0 Å². The molecule has 1 unspecified atom stereocenters. The van der Waals surface area contributed by atoms with Gasteiger partial charge in [-0.15, -0.1) is 0 Å². The normalized spacial score (nSPS) is 21.5. The molecule has 0 aliphatic carbocycles. The fourth-order valence-electron chi connectivity index (χ4n) is 2.81. The van der Waals surface area contributed by atoms with Crippen LogP contribution >= 0.6 is 0 Å². The lowest BCUT2D eigenvalue weighted by Crippen LogP contribution is -2.39. The fraction of sp³-hybridized carbons (Fsp3) is 0.600. The first-order chi connectivity index (χ1) is 8.97. The molecule has 1 aromatic carbocycles. The summed E-state index contributed by atoms with van der Waals surface area (Å²) in [5.41, 5.74) is 2.72. The lowest BCUT2D eigenvalue weighted by atomic mass is 9.91. The van der Waals surface area contributed by atoms with Crippen LogP contribution in [0, 0.1) is 12.8 Å². The molecule has 0 radical (unpaired) electrons. The van der Waals surface area contributed by atoms with E-state index in [1.807, 2.05) is 0 Å². The van der Waals surface area contributed by atoms with Gasteiger partial charge in [-0.3, -0.25) is 0 Å². The predicted octanol–water partition coefficient (Wildman–Crippen LogP) is 2.60. The van der Waals surface area contributed by atoms with E-state index >= 15 is 0 Å². The Morgan fingerprint density at radius 3 is 2.74 bits per heavy atom. The van der Waals surface area contributed by atoms with Crippen molar-refractivity contribution in [1.82, 2.24) is 4.31 Å². The molecule has 1 aromatic rings. The Labute approximate surface area is 116 Å². The number of piperidine rings is 1. The van der Waals surface area contributed by atoms with Crippen molar-refractivity contribution in [1.29, 1.82) is 0 Å². The summed E-state index contributed by atoms with van der Waals surface area (Å²) < 4.78 is 24.8. The zero-order valence-electron chi connectivity index (χ0n) is 11.8. The van der Waals surface area contributed by atoms with Gasteiger partial charge < -0.3 is 0 Å². The quantitative estimate of drug-likeness (QED) is 0.850. The third-order valence-electron chi connectivity index (χ3n) is 4.03. The standard InChI is InChI=1S/C15H23NO2S/c1-13-6-3-4-8-15(13)10-9-14-7-5-11-16(12-14)19(2,17)18/h3-4,6,8,14H,5,7,9-12H2,1-2H3. The van der Waals surface area contributed by atoms with Crippen LogP contribution in [0.15, 0.2) is 24.3 Å². The Balaban J connectivity index is 1.92. The van der Waals surface area contributed by atoms with E-state index in [1.165, 1.54) is 17.4 Å². The van der Waals surface area contributed by atoms with E-state index in [2.05, 4.69) is 31.2 Å². The predicted molar refractivity (Wildman–Crippen MR) is 78.6 cm³/mol. The molecule has 1 fully saturated rings. The van der Waals surface area contributed by atoms with E-state index in [0.29, 0.717) is 19.0 Å². The minimum Gasteiger partial charge on any atom is -0.213 e. The first kappa shape index (κ1) is 14.5. The summed E-state index contributed by atoms with van der Waals surface area (Å²) in [6, 6.07) is 8.45. The number of hydrogen-bond acceptors (Lipinski definition) is 2. The van der Waals surface area contributed by atoms with Crippen molar-refractivity contribution in [3.63, 3.8) is 0 Å². The Morgan fingerprint density at radius 2 is 2.05 bits per heavy atom. The van der Waals surface area contributed by atoms with E-state index < -0.39 is 10.0 Å². The Bertz CT molecular complexity index is 525. The SMILES string of the molecule is Cc1ccccc1CCC1CCCN(S(C)(=O)=O)C1. The van der Waals surface area contributed by atoms with Gasteiger partial charge in [0, 0.05) is 13.1 Å². The maximum atomic E-state index is 11.6. The molecule has 0 N–H and O–H groups in total. The second-order valence-corrected chi connectivity index (χ2v) is 7.58. The van der Waals surface area contributed by atoms with Crippen molar-refractivity contribution in [3.8, 4) is 0 Å². The fourth-order valence-corrected chi connectivity index (χ4v) is 3.76. The summed E-state index contributed by atoms with van der Waals surface area (Å²) in [4.78, 5) is 0. The molecule has 1 aliphatic rings. The van der Waals surface area contributed by atoms with Gasteiger partial charge in [0.25, 0.3) is 0 Å². The molecule has 3 nitrogen and oxygen atoms in total. The highest BCUT2D eigenvalue weighted by Crippen LogP contribution is 2.23. The maximum Gasteiger partial charge on any atom is 0.211 e. The van der Waals surface area contributed by atoms with Crippen molar-refractivity contribution >= 4 is 10.0 Å². The maximum absolute atomic E-state index is 11.6. The number of hydrogen-bond donors (Lipinski definition) is 0. The summed E-state index contributed by atoms with van der Waals surface area (Å²) in [6.07, 6.45) is 5.59. The monoisotopic (exact) mass is 281 g/mol. The van der Waals surface area contributed by atoms with Crippen molar-refractivity contribution in [2.75, 3.05) is 19.3 Å². The van der Waals surface area contributed by atoms with Crippen molar-refractivity contribution in [3.05, 3.63) is 35.4 Å². The topological polar surface area (TPSA) is 37.4 Å². The molecule has 0 bridgehead atoms. The smallest absolute Gasteiger partial charge is 0.211 e. The van der Waals surface area contributed by atoms with Crippen LogP contribution in [-0.2, 0) is 16.4 Å². The van der Waals surface area contributed by atoms with Gasteiger partial charge >= 0.3 is 0 Å². The largest absolute Gasteiger partial charge is 0.213 e. The van der Waals surface area contributed by atoms with Crippen LogP contribution in [0.4, 0.5) is 0 Å². The van der Waals surface area contributed by atoms with Gasteiger partial charge in [-0.1, -0.05) is 24.3 Å². The summed E-state index contributed by atoms with van der Waals surface area (Å²) in [5, 5.41) is 0. The van der Waals surface area contributed by atoms with Crippen LogP contribution in [0.3, 0.4) is 0 Å². The van der Waals surface area contributed by atoms with Gasteiger partial charge in [0.2, 0.25) is 10.0 Å². The van der Waals surface area contributed by atoms with Crippen LogP contribution in [0.1, 0.15) is 30.4 Å². The molecule has 0 saturated carbocycles. The molecule has 1 saturated heterocycles. The number of aryl methyl sites for hydroxylation is 2. The number of rotatable bonds is 4. The molecular formula is C15H23NO2S. The van der Waals surface area contributed by atoms with E-state index in [9.17, 15) is 8.42 Å². The van der Waals surface area contributed by atoms with Crippen LogP contribution in [0.2, 0.25) is 0 Å². The molecule has 0 amide bonds. The Hall–Kier alpha value is -0.870. The summed E-state index contributed by atoms with van der Waals surface area (Å²) in [6.45, 7) is 3.53. The first-order valence-corrected chi connectivity index (χ1v) is 8.81. The first-order valence-electron chi connectivity index (χ1n) is 6.96. The van der Waals surface area contributed by atoms with Crippen LogP contribution in [-0.4, -0.2) is 32.1 Å². The molecule has 2 rings (SSSR count). The second kappa shape index (κ2) is 6.06. The van der Waals surface area contributed by atoms with E-state index in [-0.39, 0.29) is 0 Å². The van der Waals surface area contributed by atoms with Gasteiger partial charge in [0.1, 0.15) is 0 Å². The van der Waals surface area contributed by atoms with Gasteiger partial charge in [-0.05, 0) is 49.7 Å². The third kappa shape index (κ3) is 4.05. The number of sulfonamides is 1. The zero-order chi connectivity index (χ0) is 13.9. The lowest BCUT2D eigenvalue weighted by Gasteiger charge is -2.31. The molecule has 4 heteroatoms. The highest BCUT2D eigenvalue weighted by Gasteiger charge is 2.25. The van der Waals surface area contributed by atoms with Gasteiger partial charge in [0.05, 0.1) is 6.26 Å². The lowest BCUT2D eigenvalue weighted by molar-refractivity contribution is 0.257. The molecule has 1 heterocycles. The molecule has 1 atom stereocenters. The highest BCUT2D eigenvalue weighted by molar-refractivity contribution is 7.88. The van der Waals surface area contributed by atoms with Gasteiger partial charge in [-0.2, -0.15) is 0 Å². The van der Waals surface area contributed by atoms with E-state index in [0.717, 1.165) is 25.7 Å². The van der Waals surface area contributed by atoms with Crippen LogP contribution in [0.25, 0.3) is 0 Å². The zero-order valence-corrected chi connectivity index (χ0v) is 12.6. The Kier molecular flexibility index (Phi) is 4.63. The van der Waals surface area contributed by atoms with Crippen molar-refractivity contribution in [2.45, 2.75) is 32.6 Å². The summed E-state index contributed by atoms with van der Waals surface area (Å²) in [7, 11) is -3.02. The van der Waals surface area contributed by atoms with Crippen LogP contribution < -0.4 is 0 Å². The highest BCUT2D eigenvalue weighted by atomic mass is 32.2. The van der Waals surface area contributed by atoms with Crippen molar-refractivity contribution in [2.24, 2.45) is 5.92 Å². The molecule has 0 spiro atoms. The average Bonchev–Trinajstić information content (AvgIpc) is 2.37. The van der Waals surface area contributed by atoms with E-state index in [4.69, 9.17) is 0 Å². The number of benzene rings is 1. The number of nitrogens with zero attached hydrogens (tertiary/aromatic N) is 1. The molecular weight excluding hydrogens is 258 g/mol. The average molecular weight is 281 g/mol. The molecule has 106 valence electrons. The minimum absolute atomic E-state index is 0.503. The summed E-state index contributed by atoms with van der Waals surface area (Å²) in [5.74, 6) is 0.503. The van der Waals surface area contributed by atoms with Gasteiger partial charge in [-0.25, -0.2) is 12.7 Å². The molecule has 1 aliphatic heterocycles. The van der Waals surface area contributed by atoms with Crippen LogP contribution in [0.5, 0.6) is 0 Å². The molecule has 0 aromatic heterocycles. The minimum atomic E-state index is -3.02. The third-order valence-corrected chi connectivity index (χ3v) is 5.30. The van der Waals surface area contributed by atoms with Crippen molar-refractivity contribution < 1.29 is 8.42 Å².